The van der Waals surface area contributed by atoms with Crippen LogP contribution in [-0.2, 0) is 12.8 Å². The highest BCUT2D eigenvalue weighted by molar-refractivity contribution is 6.31. The molecule has 0 aromatic heterocycles. The van der Waals surface area contributed by atoms with Crippen LogP contribution in [0.25, 0.3) is 0 Å². The maximum atomic E-state index is 6.18. The summed E-state index contributed by atoms with van der Waals surface area (Å²) in [6.45, 7) is 2.78. The van der Waals surface area contributed by atoms with Crippen LogP contribution in [0.5, 0.6) is 5.75 Å². The van der Waals surface area contributed by atoms with E-state index in [-0.39, 0.29) is 0 Å². The van der Waals surface area contributed by atoms with Crippen LogP contribution in [0.4, 0.5) is 0 Å². The summed E-state index contributed by atoms with van der Waals surface area (Å²) >= 11 is 6.18. The highest BCUT2D eigenvalue weighted by Crippen LogP contribution is 2.29. The first-order valence-corrected chi connectivity index (χ1v) is 5.66. The van der Waals surface area contributed by atoms with Gasteiger partial charge >= 0.3 is 0 Å². The van der Waals surface area contributed by atoms with Gasteiger partial charge in [0.25, 0.3) is 0 Å². The van der Waals surface area contributed by atoms with Crippen LogP contribution >= 0.6 is 11.6 Å². The van der Waals surface area contributed by atoms with Gasteiger partial charge in [0.2, 0.25) is 0 Å². The van der Waals surface area contributed by atoms with Crippen molar-refractivity contribution in [3.8, 4) is 5.75 Å². The van der Waals surface area contributed by atoms with Gasteiger partial charge in [0.05, 0.1) is 7.11 Å². The standard InChI is InChI=1S/C12H18ClNO/c1-3-10-11(13)7-9(5-4-6-14)8-12(10)15-2/h7-8H,3-6,14H2,1-2H3. The number of halogens is 1. The normalized spacial score (nSPS) is 10.4. The summed E-state index contributed by atoms with van der Waals surface area (Å²) in [4.78, 5) is 0. The lowest BCUT2D eigenvalue weighted by molar-refractivity contribution is 0.409. The van der Waals surface area contributed by atoms with Gasteiger partial charge < -0.3 is 10.5 Å². The van der Waals surface area contributed by atoms with Crippen LogP contribution in [0, 0.1) is 0 Å². The molecule has 1 aromatic carbocycles. The maximum absolute atomic E-state index is 6.18. The average molecular weight is 228 g/mol. The summed E-state index contributed by atoms with van der Waals surface area (Å²) in [7, 11) is 1.68. The van der Waals surface area contributed by atoms with E-state index in [2.05, 4.69) is 13.0 Å². The van der Waals surface area contributed by atoms with Crippen LogP contribution in [0.15, 0.2) is 12.1 Å². The summed E-state index contributed by atoms with van der Waals surface area (Å²) in [5, 5.41) is 0.795. The van der Waals surface area contributed by atoms with Gasteiger partial charge in [-0.1, -0.05) is 18.5 Å². The van der Waals surface area contributed by atoms with Crippen molar-refractivity contribution >= 4 is 11.6 Å². The van der Waals surface area contributed by atoms with E-state index in [4.69, 9.17) is 22.1 Å². The number of rotatable bonds is 5. The van der Waals surface area contributed by atoms with Crippen LogP contribution in [0.3, 0.4) is 0 Å². The Hall–Kier alpha value is -0.730. The van der Waals surface area contributed by atoms with E-state index >= 15 is 0 Å². The molecule has 2 nitrogen and oxygen atoms in total. The fourth-order valence-corrected chi connectivity index (χ4v) is 2.01. The molecule has 3 heteroatoms. The van der Waals surface area contributed by atoms with Gasteiger partial charge in [-0.25, -0.2) is 0 Å². The first-order valence-electron chi connectivity index (χ1n) is 5.28. The Morgan fingerprint density at radius 3 is 2.67 bits per heavy atom. The Morgan fingerprint density at radius 1 is 1.40 bits per heavy atom. The quantitative estimate of drug-likeness (QED) is 0.840. The monoisotopic (exact) mass is 227 g/mol. The van der Waals surface area contributed by atoms with Crippen molar-refractivity contribution in [3.05, 3.63) is 28.3 Å². The molecule has 0 saturated carbocycles. The van der Waals surface area contributed by atoms with E-state index in [1.807, 2.05) is 6.07 Å². The Balaban J connectivity index is 2.97. The van der Waals surface area contributed by atoms with Gasteiger partial charge in [0, 0.05) is 10.6 Å². The van der Waals surface area contributed by atoms with Crippen molar-refractivity contribution in [2.24, 2.45) is 5.73 Å². The lowest BCUT2D eigenvalue weighted by atomic mass is 10.0. The van der Waals surface area contributed by atoms with Gasteiger partial charge in [-0.2, -0.15) is 0 Å². The molecule has 1 aromatic rings. The highest BCUT2D eigenvalue weighted by atomic mass is 35.5. The zero-order chi connectivity index (χ0) is 11.3. The molecule has 0 heterocycles. The van der Waals surface area contributed by atoms with Crippen LogP contribution in [0.2, 0.25) is 5.02 Å². The zero-order valence-corrected chi connectivity index (χ0v) is 10.1. The summed E-state index contributed by atoms with van der Waals surface area (Å²) in [6, 6.07) is 4.07. The molecule has 0 amide bonds. The van der Waals surface area contributed by atoms with Gasteiger partial charge in [-0.15, -0.1) is 0 Å². The minimum atomic E-state index is 0.704. The number of methoxy groups -OCH3 is 1. The second-order valence-corrected chi connectivity index (χ2v) is 3.91. The lowest BCUT2D eigenvalue weighted by Crippen LogP contribution is -2.01. The average Bonchev–Trinajstić information content (AvgIpc) is 2.25. The molecule has 0 saturated heterocycles. The molecular formula is C12H18ClNO. The molecule has 0 radical (unpaired) electrons. The van der Waals surface area contributed by atoms with Crippen molar-refractivity contribution in [2.45, 2.75) is 26.2 Å². The number of benzene rings is 1. The van der Waals surface area contributed by atoms with Gasteiger partial charge in [-0.05, 0) is 43.5 Å². The minimum Gasteiger partial charge on any atom is -0.496 e. The smallest absolute Gasteiger partial charge is 0.123 e. The van der Waals surface area contributed by atoms with Crippen molar-refractivity contribution in [1.29, 1.82) is 0 Å². The van der Waals surface area contributed by atoms with Crippen molar-refractivity contribution in [2.75, 3.05) is 13.7 Å². The van der Waals surface area contributed by atoms with E-state index < -0.39 is 0 Å². The fourth-order valence-electron chi connectivity index (χ4n) is 1.64. The Kier molecular flexibility index (Phi) is 4.92. The summed E-state index contributed by atoms with van der Waals surface area (Å²) in [5.74, 6) is 0.886. The molecule has 0 aliphatic carbocycles. The minimum absolute atomic E-state index is 0.704. The van der Waals surface area contributed by atoms with E-state index in [0.717, 1.165) is 35.6 Å². The molecule has 0 aliphatic heterocycles. The number of ether oxygens (including phenoxy) is 1. The zero-order valence-electron chi connectivity index (χ0n) is 9.35. The summed E-state index contributed by atoms with van der Waals surface area (Å²) in [5.41, 5.74) is 7.75. The third kappa shape index (κ3) is 3.11. The Bertz CT molecular complexity index is 326. The fraction of sp³-hybridized carbons (Fsp3) is 0.500. The molecule has 15 heavy (non-hydrogen) atoms. The first-order chi connectivity index (χ1) is 7.22. The molecule has 0 aliphatic rings. The van der Waals surface area contributed by atoms with E-state index in [9.17, 15) is 0 Å². The Morgan fingerprint density at radius 2 is 2.13 bits per heavy atom. The summed E-state index contributed by atoms with van der Waals surface area (Å²) < 4.78 is 5.32. The highest BCUT2D eigenvalue weighted by Gasteiger charge is 2.08. The lowest BCUT2D eigenvalue weighted by Gasteiger charge is -2.11. The number of aryl methyl sites for hydroxylation is 1. The van der Waals surface area contributed by atoms with Gasteiger partial charge in [-0.3, -0.25) is 0 Å². The van der Waals surface area contributed by atoms with Crippen molar-refractivity contribution in [3.63, 3.8) is 0 Å². The van der Waals surface area contributed by atoms with Crippen LogP contribution in [0.1, 0.15) is 24.5 Å². The topological polar surface area (TPSA) is 35.2 Å². The predicted molar refractivity (Wildman–Crippen MR) is 64.8 cm³/mol. The second kappa shape index (κ2) is 5.99. The maximum Gasteiger partial charge on any atom is 0.123 e. The van der Waals surface area contributed by atoms with Crippen LogP contribution < -0.4 is 10.5 Å². The van der Waals surface area contributed by atoms with Gasteiger partial charge in [0.15, 0.2) is 0 Å². The van der Waals surface area contributed by atoms with E-state index in [1.165, 1.54) is 5.56 Å². The van der Waals surface area contributed by atoms with Gasteiger partial charge in [0.1, 0.15) is 5.75 Å². The second-order valence-electron chi connectivity index (χ2n) is 3.50. The molecule has 0 spiro atoms. The molecular weight excluding hydrogens is 210 g/mol. The predicted octanol–water partition coefficient (Wildman–Crippen LogP) is 2.80. The van der Waals surface area contributed by atoms with Crippen LogP contribution in [-0.4, -0.2) is 13.7 Å². The molecule has 2 N–H and O–H groups in total. The number of nitrogens with two attached hydrogens (primary N) is 1. The third-order valence-corrected chi connectivity index (χ3v) is 2.79. The molecule has 0 bridgehead atoms. The summed E-state index contributed by atoms with van der Waals surface area (Å²) in [6.07, 6.45) is 2.82. The van der Waals surface area contributed by atoms with Crippen molar-refractivity contribution in [1.82, 2.24) is 0 Å². The van der Waals surface area contributed by atoms with E-state index in [1.54, 1.807) is 7.11 Å². The molecule has 84 valence electrons. The number of hydrogen-bond acceptors (Lipinski definition) is 2. The third-order valence-electron chi connectivity index (χ3n) is 2.46. The number of hydrogen-bond donors (Lipinski definition) is 1. The van der Waals surface area contributed by atoms with E-state index in [0.29, 0.717) is 6.54 Å². The molecule has 0 fully saturated rings. The Labute approximate surface area is 96.4 Å². The SMILES string of the molecule is CCc1c(Cl)cc(CCCN)cc1OC. The molecule has 0 atom stereocenters. The van der Waals surface area contributed by atoms with Crippen molar-refractivity contribution < 1.29 is 4.74 Å². The largest absolute Gasteiger partial charge is 0.496 e. The first kappa shape index (κ1) is 12.3. The molecule has 1 rings (SSSR count). The molecule has 0 unspecified atom stereocenters.